The van der Waals surface area contributed by atoms with Crippen LogP contribution in [0, 0.1) is 0 Å². The van der Waals surface area contributed by atoms with Crippen molar-refractivity contribution < 1.29 is 9.15 Å². The van der Waals surface area contributed by atoms with Gasteiger partial charge < -0.3 is 19.4 Å². The molecule has 5 heteroatoms. The topological polar surface area (TPSA) is 50.5 Å². The van der Waals surface area contributed by atoms with Crippen LogP contribution in [0.5, 0.6) is 0 Å². The molecule has 1 N–H and O–H groups in total. The van der Waals surface area contributed by atoms with Gasteiger partial charge in [0.05, 0.1) is 19.3 Å². The molecule has 15 heavy (non-hydrogen) atoms. The smallest absolute Gasteiger partial charge is 0.180 e. The normalized spacial score (nSPS) is 11.1. The van der Waals surface area contributed by atoms with E-state index in [0.717, 1.165) is 38.5 Å². The molecule has 86 valence electrons. The van der Waals surface area contributed by atoms with Gasteiger partial charge >= 0.3 is 0 Å². The van der Waals surface area contributed by atoms with Crippen molar-refractivity contribution in [3.8, 4) is 0 Å². The predicted octanol–water partition coefficient (Wildman–Crippen LogP) is 0.342. The Kier molecular flexibility index (Phi) is 5.99. The van der Waals surface area contributed by atoms with Crippen molar-refractivity contribution >= 4 is 0 Å². The summed E-state index contributed by atoms with van der Waals surface area (Å²) in [6.07, 6.45) is 3.17. The quantitative estimate of drug-likeness (QED) is 0.631. The van der Waals surface area contributed by atoms with E-state index in [9.17, 15) is 0 Å². The Morgan fingerprint density at radius 3 is 3.07 bits per heavy atom. The van der Waals surface area contributed by atoms with E-state index in [2.05, 4.69) is 22.2 Å². The van der Waals surface area contributed by atoms with Gasteiger partial charge in [-0.1, -0.05) is 0 Å². The number of rotatable bonds is 8. The lowest BCUT2D eigenvalue weighted by atomic mass is 10.4. The van der Waals surface area contributed by atoms with Crippen LogP contribution in [-0.2, 0) is 11.3 Å². The minimum absolute atomic E-state index is 0.734. The van der Waals surface area contributed by atoms with Crippen molar-refractivity contribution in [2.45, 2.75) is 6.54 Å². The van der Waals surface area contributed by atoms with Crippen molar-refractivity contribution in [2.24, 2.45) is 0 Å². The largest absolute Gasteiger partial charge is 0.447 e. The summed E-state index contributed by atoms with van der Waals surface area (Å²) in [6, 6.07) is 0. The highest BCUT2D eigenvalue weighted by molar-refractivity contribution is 4.86. The first-order valence-corrected chi connectivity index (χ1v) is 5.08. The number of hydrogen-bond donors (Lipinski definition) is 1. The number of nitrogens with one attached hydrogen (secondary N) is 1. The molecule has 0 aliphatic carbocycles. The summed E-state index contributed by atoms with van der Waals surface area (Å²) < 4.78 is 10.1. The molecular formula is C10H19N3O2. The van der Waals surface area contributed by atoms with Gasteiger partial charge in [0.2, 0.25) is 0 Å². The van der Waals surface area contributed by atoms with Crippen LogP contribution >= 0.6 is 0 Å². The molecule has 0 radical (unpaired) electrons. The average Bonchev–Trinajstić information content (AvgIpc) is 2.74. The van der Waals surface area contributed by atoms with Crippen molar-refractivity contribution in [1.82, 2.24) is 15.2 Å². The number of oxazole rings is 1. The number of methoxy groups -OCH3 is 1. The second-order valence-electron chi connectivity index (χ2n) is 3.44. The van der Waals surface area contributed by atoms with Crippen molar-refractivity contribution in [1.29, 1.82) is 0 Å². The molecule has 0 spiro atoms. The average molecular weight is 213 g/mol. The van der Waals surface area contributed by atoms with Gasteiger partial charge in [0.25, 0.3) is 0 Å². The minimum atomic E-state index is 0.734. The number of aromatic nitrogens is 1. The molecule has 0 bridgehead atoms. The summed E-state index contributed by atoms with van der Waals surface area (Å²) in [5.74, 6) is 0.870. The fourth-order valence-electron chi connectivity index (χ4n) is 1.17. The van der Waals surface area contributed by atoms with E-state index in [-0.39, 0.29) is 0 Å². The van der Waals surface area contributed by atoms with Crippen LogP contribution in [0.15, 0.2) is 17.0 Å². The van der Waals surface area contributed by atoms with Gasteiger partial charge in [-0.3, -0.25) is 0 Å². The SMILES string of the molecule is COCCN(C)CCNCc1cnco1. The second kappa shape index (κ2) is 7.39. The molecule has 0 aliphatic rings. The van der Waals surface area contributed by atoms with Gasteiger partial charge in [0, 0.05) is 26.7 Å². The molecule has 0 amide bonds. The Morgan fingerprint density at radius 2 is 2.40 bits per heavy atom. The summed E-state index contributed by atoms with van der Waals surface area (Å²) >= 11 is 0. The molecule has 5 nitrogen and oxygen atoms in total. The van der Waals surface area contributed by atoms with Crippen molar-refractivity contribution in [3.05, 3.63) is 18.4 Å². The monoisotopic (exact) mass is 213 g/mol. The standard InChI is InChI=1S/C10H19N3O2/c1-13(5-6-14-2)4-3-11-7-10-8-12-9-15-10/h8-9,11H,3-7H2,1-2H3. The number of nitrogens with zero attached hydrogens (tertiary/aromatic N) is 2. The first-order valence-electron chi connectivity index (χ1n) is 5.08. The number of hydrogen-bond acceptors (Lipinski definition) is 5. The van der Waals surface area contributed by atoms with Crippen LogP contribution in [0.1, 0.15) is 5.76 Å². The lowest BCUT2D eigenvalue weighted by Crippen LogP contribution is -2.31. The molecule has 0 aliphatic heterocycles. The highest BCUT2D eigenvalue weighted by Crippen LogP contribution is 1.94. The maximum absolute atomic E-state index is 5.10. The third-order valence-corrected chi connectivity index (χ3v) is 2.13. The van der Waals surface area contributed by atoms with E-state index in [1.807, 2.05) is 0 Å². The van der Waals surface area contributed by atoms with Gasteiger partial charge in [-0.25, -0.2) is 4.98 Å². The lowest BCUT2D eigenvalue weighted by Gasteiger charge is -2.15. The zero-order valence-electron chi connectivity index (χ0n) is 9.40. The second-order valence-corrected chi connectivity index (χ2v) is 3.44. The Morgan fingerprint density at radius 1 is 1.53 bits per heavy atom. The lowest BCUT2D eigenvalue weighted by molar-refractivity contribution is 0.161. The zero-order chi connectivity index (χ0) is 10.9. The summed E-state index contributed by atoms with van der Waals surface area (Å²) in [4.78, 5) is 6.06. The van der Waals surface area contributed by atoms with Crippen molar-refractivity contribution in [3.63, 3.8) is 0 Å². The van der Waals surface area contributed by atoms with E-state index in [4.69, 9.17) is 9.15 Å². The molecule has 1 heterocycles. The van der Waals surface area contributed by atoms with Gasteiger partial charge in [-0.15, -0.1) is 0 Å². The minimum Gasteiger partial charge on any atom is -0.447 e. The third kappa shape index (κ3) is 5.51. The maximum Gasteiger partial charge on any atom is 0.180 e. The fourth-order valence-corrected chi connectivity index (χ4v) is 1.17. The van der Waals surface area contributed by atoms with Crippen LogP contribution in [-0.4, -0.2) is 50.3 Å². The summed E-state index contributed by atoms with van der Waals surface area (Å²) in [6.45, 7) is 4.40. The van der Waals surface area contributed by atoms with E-state index in [1.54, 1.807) is 13.3 Å². The van der Waals surface area contributed by atoms with E-state index in [1.165, 1.54) is 6.39 Å². The summed E-state index contributed by atoms with van der Waals surface area (Å²) in [5, 5.41) is 3.28. The van der Waals surface area contributed by atoms with Gasteiger partial charge in [0.15, 0.2) is 6.39 Å². The number of likely N-dealkylation sites (N-methyl/N-ethyl adjacent to an activating group) is 1. The first-order chi connectivity index (χ1) is 7.33. The zero-order valence-corrected chi connectivity index (χ0v) is 9.40. The summed E-state index contributed by atoms with van der Waals surface area (Å²) in [5.41, 5.74) is 0. The predicted molar refractivity (Wildman–Crippen MR) is 57.6 cm³/mol. The van der Waals surface area contributed by atoms with Crippen LogP contribution in [0.2, 0.25) is 0 Å². The van der Waals surface area contributed by atoms with E-state index in [0.29, 0.717) is 0 Å². The van der Waals surface area contributed by atoms with Crippen LogP contribution in [0.25, 0.3) is 0 Å². The number of ether oxygens (including phenoxy) is 1. The van der Waals surface area contributed by atoms with Gasteiger partial charge in [0.1, 0.15) is 5.76 Å². The van der Waals surface area contributed by atoms with Gasteiger partial charge in [-0.2, -0.15) is 0 Å². The molecule has 0 saturated carbocycles. The third-order valence-electron chi connectivity index (χ3n) is 2.13. The maximum atomic E-state index is 5.10. The molecule has 0 atom stereocenters. The molecule has 0 aromatic carbocycles. The molecule has 1 rings (SSSR count). The Bertz CT molecular complexity index is 239. The highest BCUT2D eigenvalue weighted by atomic mass is 16.5. The van der Waals surface area contributed by atoms with Crippen LogP contribution in [0.3, 0.4) is 0 Å². The van der Waals surface area contributed by atoms with Gasteiger partial charge in [-0.05, 0) is 7.05 Å². The molecule has 0 fully saturated rings. The first kappa shape index (κ1) is 12.2. The van der Waals surface area contributed by atoms with E-state index >= 15 is 0 Å². The Labute approximate surface area is 90.4 Å². The molecule has 1 aromatic rings. The molecule has 0 saturated heterocycles. The van der Waals surface area contributed by atoms with Crippen LogP contribution < -0.4 is 5.32 Å². The fraction of sp³-hybridized carbons (Fsp3) is 0.700. The molecular weight excluding hydrogens is 194 g/mol. The van der Waals surface area contributed by atoms with Crippen LogP contribution in [0.4, 0.5) is 0 Å². The van der Waals surface area contributed by atoms with Crippen molar-refractivity contribution in [2.75, 3.05) is 40.4 Å². The molecule has 1 aromatic heterocycles. The van der Waals surface area contributed by atoms with E-state index < -0.39 is 0 Å². The summed E-state index contributed by atoms with van der Waals surface area (Å²) in [7, 11) is 3.80. The molecule has 0 unspecified atom stereocenters. The Hall–Kier alpha value is -0.910. The highest BCUT2D eigenvalue weighted by Gasteiger charge is 1.98. The Balaban J connectivity index is 1.97.